The summed E-state index contributed by atoms with van der Waals surface area (Å²) in [4.78, 5) is 8.50. The molecular formula is C26H28FN5O5S. The molecule has 0 N–H and O–H groups in total. The summed E-state index contributed by atoms with van der Waals surface area (Å²) < 4.78 is 59.7. The number of aryl methyl sites for hydroxylation is 1. The molecule has 10 nitrogen and oxygen atoms in total. The first-order chi connectivity index (χ1) is 18.2. The van der Waals surface area contributed by atoms with E-state index in [2.05, 4.69) is 20.2 Å². The van der Waals surface area contributed by atoms with E-state index >= 15 is 0 Å². The fourth-order valence-electron chi connectivity index (χ4n) is 4.07. The van der Waals surface area contributed by atoms with Crippen LogP contribution in [0.5, 0.6) is 11.5 Å². The molecule has 0 bridgehead atoms. The lowest BCUT2D eigenvalue weighted by Crippen LogP contribution is -2.30. The van der Waals surface area contributed by atoms with Crippen molar-refractivity contribution in [3.05, 3.63) is 77.9 Å². The molecule has 0 fully saturated rings. The molecule has 4 aromatic rings. The van der Waals surface area contributed by atoms with Gasteiger partial charge in [0.1, 0.15) is 34.9 Å². The molecule has 2 atom stereocenters. The lowest BCUT2D eigenvalue weighted by molar-refractivity contribution is 0.0947. The minimum Gasteiger partial charge on any atom is -0.494 e. The maximum Gasteiger partial charge on any atom is 0.168 e. The lowest BCUT2D eigenvalue weighted by Gasteiger charge is -2.22. The Kier molecular flexibility index (Phi) is 8.02. The van der Waals surface area contributed by atoms with Gasteiger partial charge in [-0.15, -0.1) is 10.2 Å². The van der Waals surface area contributed by atoms with Crippen LogP contribution in [0.25, 0.3) is 17.1 Å². The standard InChI is InChI=1S/C26H28FN5O5S/c1-16-13-28-25(29-14-16)24(37-5)17(2)38(33,34)15-22-30-31-26(18-8-6-9-19(27)12-18)32(22)23-20(35-3)10-7-11-21(23)36-4/h6-14,17,24H,15H2,1-5H3/t17-,24-/m0/s1. The third-order valence-corrected chi connectivity index (χ3v) is 8.11. The number of halogens is 1. The van der Waals surface area contributed by atoms with Crippen LogP contribution in [0.3, 0.4) is 0 Å². The van der Waals surface area contributed by atoms with Gasteiger partial charge >= 0.3 is 0 Å². The van der Waals surface area contributed by atoms with E-state index in [4.69, 9.17) is 14.2 Å². The van der Waals surface area contributed by atoms with E-state index in [0.29, 0.717) is 22.7 Å². The largest absolute Gasteiger partial charge is 0.494 e. The molecule has 0 radical (unpaired) electrons. The normalized spacial score (nSPS) is 13.2. The van der Waals surface area contributed by atoms with Crippen LogP contribution in [0.15, 0.2) is 54.9 Å². The van der Waals surface area contributed by atoms with Crippen LogP contribution < -0.4 is 9.47 Å². The van der Waals surface area contributed by atoms with Crippen LogP contribution in [0, 0.1) is 12.7 Å². The molecule has 2 heterocycles. The molecule has 38 heavy (non-hydrogen) atoms. The number of ether oxygens (including phenoxy) is 3. The fourth-order valence-corrected chi connectivity index (χ4v) is 5.49. The Morgan fingerprint density at radius 2 is 1.61 bits per heavy atom. The smallest absolute Gasteiger partial charge is 0.168 e. The summed E-state index contributed by atoms with van der Waals surface area (Å²) >= 11 is 0. The van der Waals surface area contributed by atoms with Crippen LogP contribution >= 0.6 is 0 Å². The van der Waals surface area contributed by atoms with Gasteiger partial charge in [-0.25, -0.2) is 22.8 Å². The highest BCUT2D eigenvalue weighted by molar-refractivity contribution is 7.91. The molecular weight excluding hydrogens is 513 g/mol. The highest BCUT2D eigenvalue weighted by Gasteiger charge is 2.35. The van der Waals surface area contributed by atoms with Crippen LogP contribution in [0.1, 0.15) is 30.2 Å². The van der Waals surface area contributed by atoms with E-state index in [1.807, 2.05) is 6.92 Å². The number of sulfone groups is 1. The summed E-state index contributed by atoms with van der Waals surface area (Å²) in [6.45, 7) is 3.37. The van der Waals surface area contributed by atoms with E-state index in [9.17, 15) is 12.8 Å². The summed E-state index contributed by atoms with van der Waals surface area (Å²) in [5, 5.41) is 7.43. The van der Waals surface area contributed by atoms with Gasteiger partial charge in [-0.05, 0) is 43.7 Å². The summed E-state index contributed by atoms with van der Waals surface area (Å²) in [5.74, 6) is 0.334. The number of hydrogen-bond donors (Lipinski definition) is 0. The van der Waals surface area contributed by atoms with Crippen LogP contribution in [-0.2, 0) is 20.3 Å². The van der Waals surface area contributed by atoms with E-state index in [1.54, 1.807) is 36.7 Å². The molecule has 0 saturated carbocycles. The third-order valence-electron chi connectivity index (χ3n) is 6.07. The summed E-state index contributed by atoms with van der Waals surface area (Å²) in [6, 6.07) is 10.9. The van der Waals surface area contributed by atoms with Gasteiger partial charge in [0.15, 0.2) is 27.3 Å². The number of nitrogens with zero attached hydrogens (tertiary/aromatic N) is 5. The highest BCUT2D eigenvalue weighted by atomic mass is 32.2. The zero-order chi connectivity index (χ0) is 27.4. The monoisotopic (exact) mass is 541 g/mol. The summed E-state index contributed by atoms with van der Waals surface area (Å²) in [5.41, 5.74) is 1.61. The van der Waals surface area contributed by atoms with Gasteiger partial charge in [0.25, 0.3) is 0 Å². The van der Waals surface area contributed by atoms with E-state index in [0.717, 1.165) is 5.56 Å². The van der Waals surface area contributed by atoms with Crippen molar-refractivity contribution < 1.29 is 27.0 Å². The van der Waals surface area contributed by atoms with Crippen molar-refractivity contribution in [3.8, 4) is 28.6 Å². The zero-order valence-corrected chi connectivity index (χ0v) is 22.4. The lowest BCUT2D eigenvalue weighted by atomic mass is 10.2. The average Bonchev–Trinajstić information content (AvgIpc) is 3.31. The Morgan fingerprint density at radius 1 is 0.974 bits per heavy atom. The Labute approximate surface area is 220 Å². The summed E-state index contributed by atoms with van der Waals surface area (Å²) in [6.07, 6.45) is 2.29. The molecule has 0 aliphatic carbocycles. The van der Waals surface area contributed by atoms with E-state index < -0.39 is 32.8 Å². The molecule has 12 heteroatoms. The van der Waals surface area contributed by atoms with Gasteiger partial charge < -0.3 is 14.2 Å². The molecule has 2 aromatic heterocycles. The van der Waals surface area contributed by atoms with Gasteiger partial charge in [0.2, 0.25) is 0 Å². The van der Waals surface area contributed by atoms with Gasteiger partial charge in [0.05, 0.1) is 19.5 Å². The van der Waals surface area contributed by atoms with Crippen molar-refractivity contribution in [1.82, 2.24) is 24.7 Å². The van der Waals surface area contributed by atoms with Crippen molar-refractivity contribution >= 4 is 9.84 Å². The van der Waals surface area contributed by atoms with Crippen molar-refractivity contribution in [2.45, 2.75) is 31.0 Å². The van der Waals surface area contributed by atoms with Gasteiger partial charge in [-0.3, -0.25) is 4.57 Å². The highest BCUT2D eigenvalue weighted by Crippen LogP contribution is 2.37. The van der Waals surface area contributed by atoms with E-state index in [-0.39, 0.29) is 17.5 Å². The SMILES string of the molecule is COc1cccc(OC)c1-n1c(CS(=O)(=O)[C@@H](C)[C@H](OC)c2ncc(C)cn2)nnc1-c1cccc(F)c1. The topological polar surface area (TPSA) is 118 Å². The van der Waals surface area contributed by atoms with Crippen molar-refractivity contribution in [3.63, 3.8) is 0 Å². The first kappa shape index (κ1) is 27.1. The number of benzene rings is 2. The minimum absolute atomic E-state index is 0.0820. The molecule has 0 spiro atoms. The fraction of sp³-hybridized carbons (Fsp3) is 0.308. The van der Waals surface area contributed by atoms with Crippen molar-refractivity contribution in [2.24, 2.45) is 0 Å². The number of aromatic nitrogens is 5. The molecule has 0 aliphatic rings. The van der Waals surface area contributed by atoms with Gasteiger partial charge in [-0.2, -0.15) is 0 Å². The van der Waals surface area contributed by atoms with Gasteiger partial charge in [0, 0.05) is 25.1 Å². The van der Waals surface area contributed by atoms with Crippen molar-refractivity contribution in [2.75, 3.05) is 21.3 Å². The Morgan fingerprint density at radius 3 is 2.18 bits per heavy atom. The average molecular weight is 542 g/mol. The molecule has 4 rings (SSSR count). The molecule has 0 aliphatic heterocycles. The number of methoxy groups -OCH3 is 3. The second-order valence-electron chi connectivity index (χ2n) is 8.58. The van der Waals surface area contributed by atoms with Crippen LogP contribution in [0.2, 0.25) is 0 Å². The van der Waals surface area contributed by atoms with Crippen LogP contribution in [-0.4, -0.2) is 59.7 Å². The maximum atomic E-state index is 14.1. The molecule has 0 amide bonds. The van der Waals surface area contributed by atoms with E-state index in [1.165, 1.54) is 51.0 Å². The predicted octanol–water partition coefficient (Wildman–Crippen LogP) is 3.88. The minimum atomic E-state index is -3.91. The zero-order valence-electron chi connectivity index (χ0n) is 21.6. The molecule has 200 valence electrons. The third kappa shape index (κ3) is 5.36. The Balaban J connectivity index is 1.84. The first-order valence-electron chi connectivity index (χ1n) is 11.6. The Hall–Kier alpha value is -3.90. The second-order valence-corrected chi connectivity index (χ2v) is 10.9. The van der Waals surface area contributed by atoms with Crippen molar-refractivity contribution in [1.29, 1.82) is 0 Å². The molecule has 0 unspecified atom stereocenters. The number of rotatable bonds is 10. The first-order valence-corrected chi connectivity index (χ1v) is 13.4. The number of hydrogen-bond acceptors (Lipinski definition) is 9. The maximum absolute atomic E-state index is 14.1. The predicted molar refractivity (Wildman–Crippen MR) is 138 cm³/mol. The second kappa shape index (κ2) is 11.2. The quantitative estimate of drug-likeness (QED) is 0.295. The van der Waals surface area contributed by atoms with Gasteiger partial charge in [-0.1, -0.05) is 18.2 Å². The number of para-hydroxylation sites is 1. The Bertz CT molecular complexity index is 1500. The summed E-state index contributed by atoms with van der Waals surface area (Å²) in [7, 11) is 0.453. The molecule has 0 saturated heterocycles. The molecule has 2 aromatic carbocycles. The van der Waals surface area contributed by atoms with Crippen LogP contribution in [0.4, 0.5) is 4.39 Å².